The third-order valence-corrected chi connectivity index (χ3v) is 1.85. The molecule has 0 fully saturated rings. The van der Waals surface area contributed by atoms with Crippen molar-refractivity contribution in [2.75, 3.05) is 53.2 Å². The molecule has 15 heavy (non-hydrogen) atoms. The van der Waals surface area contributed by atoms with Crippen LogP contribution in [0.2, 0.25) is 0 Å². The Labute approximate surface area is 93.3 Å². The lowest BCUT2D eigenvalue weighted by atomic mass is 10.4. The van der Waals surface area contributed by atoms with Crippen molar-refractivity contribution in [3.05, 3.63) is 0 Å². The molecule has 92 valence electrons. The average Bonchev–Trinajstić information content (AvgIpc) is 2.26. The van der Waals surface area contributed by atoms with Crippen LogP contribution in [0.4, 0.5) is 0 Å². The lowest BCUT2D eigenvalue weighted by Crippen LogP contribution is -2.22. The molecule has 4 nitrogen and oxygen atoms in total. The Morgan fingerprint density at radius 2 is 1.67 bits per heavy atom. The number of hydrogen-bond acceptors (Lipinski definition) is 4. The molecule has 1 N–H and O–H groups in total. The standard InChI is InChI=1S/C11H25NO3/c1-3-7-14-9-6-12-5-4-8-15-11-10-13-2/h12H,3-11H2,1-2H3. The summed E-state index contributed by atoms with van der Waals surface area (Å²) in [5.41, 5.74) is 0. The summed E-state index contributed by atoms with van der Waals surface area (Å²) in [7, 11) is 1.68. The molecule has 0 radical (unpaired) electrons. The van der Waals surface area contributed by atoms with E-state index in [9.17, 15) is 0 Å². The second-order valence-corrected chi connectivity index (χ2v) is 3.32. The number of ether oxygens (including phenoxy) is 3. The highest BCUT2D eigenvalue weighted by Gasteiger charge is 1.90. The second kappa shape index (κ2) is 13.8. The van der Waals surface area contributed by atoms with Crippen LogP contribution in [-0.4, -0.2) is 53.2 Å². The maximum absolute atomic E-state index is 5.33. The predicted molar refractivity (Wildman–Crippen MR) is 61.3 cm³/mol. The number of rotatable bonds is 12. The minimum absolute atomic E-state index is 0.679. The van der Waals surface area contributed by atoms with Gasteiger partial charge in [0.15, 0.2) is 0 Å². The van der Waals surface area contributed by atoms with Crippen molar-refractivity contribution < 1.29 is 14.2 Å². The van der Waals surface area contributed by atoms with E-state index in [-0.39, 0.29) is 0 Å². The quantitative estimate of drug-likeness (QED) is 0.498. The van der Waals surface area contributed by atoms with Crippen LogP contribution in [0.15, 0.2) is 0 Å². The van der Waals surface area contributed by atoms with Gasteiger partial charge in [0.25, 0.3) is 0 Å². The van der Waals surface area contributed by atoms with Crippen molar-refractivity contribution in [1.29, 1.82) is 0 Å². The van der Waals surface area contributed by atoms with Crippen molar-refractivity contribution in [1.82, 2.24) is 5.32 Å². The third-order valence-electron chi connectivity index (χ3n) is 1.85. The molecule has 0 amide bonds. The van der Waals surface area contributed by atoms with Crippen LogP contribution in [0.5, 0.6) is 0 Å². The third kappa shape index (κ3) is 13.8. The molecular formula is C11H25NO3. The lowest BCUT2D eigenvalue weighted by molar-refractivity contribution is 0.0691. The monoisotopic (exact) mass is 219 g/mol. The van der Waals surface area contributed by atoms with E-state index in [4.69, 9.17) is 14.2 Å². The van der Waals surface area contributed by atoms with Gasteiger partial charge in [-0.2, -0.15) is 0 Å². The summed E-state index contributed by atoms with van der Waals surface area (Å²) in [6, 6.07) is 0. The minimum atomic E-state index is 0.679. The maximum atomic E-state index is 5.33. The molecule has 0 atom stereocenters. The minimum Gasteiger partial charge on any atom is -0.382 e. The molecule has 0 unspecified atom stereocenters. The zero-order valence-corrected chi connectivity index (χ0v) is 10.1. The predicted octanol–water partition coefficient (Wildman–Crippen LogP) is 1.06. The van der Waals surface area contributed by atoms with E-state index < -0.39 is 0 Å². The Kier molecular flexibility index (Phi) is 13.7. The molecule has 0 spiro atoms. The van der Waals surface area contributed by atoms with Crippen LogP contribution in [0.25, 0.3) is 0 Å². The van der Waals surface area contributed by atoms with Crippen LogP contribution in [0.3, 0.4) is 0 Å². The number of methoxy groups -OCH3 is 1. The smallest absolute Gasteiger partial charge is 0.0700 e. The van der Waals surface area contributed by atoms with Gasteiger partial charge in [-0.05, 0) is 19.4 Å². The Balaban J connectivity index is 2.81. The van der Waals surface area contributed by atoms with Crippen molar-refractivity contribution in [3.63, 3.8) is 0 Å². The van der Waals surface area contributed by atoms with Crippen LogP contribution >= 0.6 is 0 Å². The molecule has 4 heteroatoms. The molecular weight excluding hydrogens is 194 g/mol. The van der Waals surface area contributed by atoms with E-state index >= 15 is 0 Å². The molecule has 0 aliphatic rings. The molecule has 0 heterocycles. The fourth-order valence-corrected chi connectivity index (χ4v) is 1.06. The molecule has 0 aliphatic heterocycles. The fourth-order valence-electron chi connectivity index (χ4n) is 1.06. The zero-order chi connectivity index (χ0) is 11.2. The fraction of sp³-hybridized carbons (Fsp3) is 1.00. The summed E-state index contributed by atoms with van der Waals surface area (Å²) in [6.45, 7) is 7.87. The first kappa shape index (κ1) is 14.8. The molecule has 0 bridgehead atoms. The molecule has 0 rings (SSSR count). The van der Waals surface area contributed by atoms with Gasteiger partial charge in [-0.3, -0.25) is 0 Å². The SMILES string of the molecule is CCCOCCNCCCOCCOC. The first-order valence-electron chi connectivity index (χ1n) is 5.77. The summed E-state index contributed by atoms with van der Waals surface area (Å²) in [6.07, 6.45) is 2.13. The lowest BCUT2D eigenvalue weighted by Gasteiger charge is -2.06. The van der Waals surface area contributed by atoms with Crippen LogP contribution < -0.4 is 5.32 Å². The van der Waals surface area contributed by atoms with Gasteiger partial charge in [-0.1, -0.05) is 6.92 Å². The Morgan fingerprint density at radius 3 is 2.40 bits per heavy atom. The van der Waals surface area contributed by atoms with Gasteiger partial charge in [0.05, 0.1) is 19.8 Å². The van der Waals surface area contributed by atoms with E-state index in [2.05, 4.69) is 12.2 Å². The Bertz CT molecular complexity index is 100. The van der Waals surface area contributed by atoms with Crippen molar-refractivity contribution in [2.24, 2.45) is 0 Å². The highest BCUT2D eigenvalue weighted by atomic mass is 16.5. The second-order valence-electron chi connectivity index (χ2n) is 3.32. The van der Waals surface area contributed by atoms with Gasteiger partial charge >= 0.3 is 0 Å². The first-order valence-corrected chi connectivity index (χ1v) is 5.77. The van der Waals surface area contributed by atoms with Crippen molar-refractivity contribution in [3.8, 4) is 0 Å². The Hall–Kier alpha value is -0.160. The summed E-state index contributed by atoms with van der Waals surface area (Å²) >= 11 is 0. The number of hydrogen-bond donors (Lipinski definition) is 1. The van der Waals surface area contributed by atoms with E-state index in [0.29, 0.717) is 13.2 Å². The van der Waals surface area contributed by atoms with Gasteiger partial charge in [0, 0.05) is 26.9 Å². The largest absolute Gasteiger partial charge is 0.382 e. The van der Waals surface area contributed by atoms with Gasteiger partial charge in [-0.15, -0.1) is 0 Å². The summed E-state index contributed by atoms with van der Waals surface area (Å²) in [4.78, 5) is 0. The van der Waals surface area contributed by atoms with E-state index in [1.807, 2.05) is 0 Å². The normalized spacial score (nSPS) is 10.8. The van der Waals surface area contributed by atoms with Gasteiger partial charge in [0.1, 0.15) is 0 Å². The highest BCUT2D eigenvalue weighted by Crippen LogP contribution is 1.82. The summed E-state index contributed by atoms with van der Waals surface area (Å²) < 4.78 is 15.5. The topological polar surface area (TPSA) is 39.7 Å². The van der Waals surface area contributed by atoms with Crippen molar-refractivity contribution >= 4 is 0 Å². The summed E-state index contributed by atoms with van der Waals surface area (Å²) in [5, 5.41) is 3.30. The van der Waals surface area contributed by atoms with Crippen LogP contribution in [0.1, 0.15) is 19.8 Å². The average molecular weight is 219 g/mol. The molecule has 0 aromatic rings. The van der Waals surface area contributed by atoms with E-state index in [1.54, 1.807) is 7.11 Å². The molecule has 0 saturated heterocycles. The zero-order valence-electron chi connectivity index (χ0n) is 10.1. The van der Waals surface area contributed by atoms with E-state index in [0.717, 1.165) is 45.8 Å². The van der Waals surface area contributed by atoms with Crippen LogP contribution in [0, 0.1) is 0 Å². The highest BCUT2D eigenvalue weighted by molar-refractivity contribution is 4.46. The summed E-state index contributed by atoms with van der Waals surface area (Å²) in [5.74, 6) is 0. The Morgan fingerprint density at radius 1 is 0.867 bits per heavy atom. The van der Waals surface area contributed by atoms with Gasteiger partial charge < -0.3 is 19.5 Å². The molecule has 0 aromatic carbocycles. The maximum Gasteiger partial charge on any atom is 0.0700 e. The van der Waals surface area contributed by atoms with E-state index in [1.165, 1.54) is 0 Å². The van der Waals surface area contributed by atoms with Gasteiger partial charge in [0.2, 0.25) is 0 Å². The van der Waals surface area contributed by atoms with Crippen LogP contribution in [-0.2, 0) is 14.2 Å². The molecule has 0 aromatic heterocycles. The number of nitrogens with one attached hydrogen (secondary N) is 1. The molecule has 0 saturated carbocycles. The van der Waals surface area contributed by atoms with Crippen molar-refractivity contribution in [2.45, 2.75) is 19.8 Å². The molecule has 0 aliphatic carbocycles. The first-order chi connectivity index (χ1) is 7.41. The van der Waals surface area contributed by atoms with Gasteiger partial charge in [-0.25, -0.2) is 0 Å².